The van der Waals surface area contributed by atoms with Crippen molar-refractivity contribution >= 4 is 0 Å². The van der Waals surface area contributed by atoms with Gasteiger partial charge in [-0.3, -0.25) is 0 Å². The monoisotopic (exact) mass is 228 g/mol. The Balaban J connectivity index is 2.15. The summed E-state index contributed by atoms with van der Waals surface area (Å²) < 4.78 is 40.5. The van der Waals surface area contributed by atoms with Gasteiger partial charge in [0.25, 0.3) is 0 Å². The van der Waals surface area contributed by atoms with E-state index in [2.05, 4.69) is 14.7 Å². The van der Waals surface area contributed by atoms with Crippen molar-refractivity contribution in [3.8, 4) is 0 Å². The van der Waals surface area contributed by atoms with Crippen molar-refractivity contribution < 1.29 is 17.7 Å². The summed E-state index contributed by atoms with van der Waals surface area (Å²) in [6.07, 6.45) is -4.36. The molecular weight excluding hydrogens is 221 g/mol. The van der Waals surface area contributed by atoms with E-state index in [0.717, 1.165) is 5.56 Å². The van der Waals surface area contributed by atoms with E-state index in [1.54, 1.807) is 24.3 Å². The van der Waals surface area contributed by atoms with Gasteiger partial charge >= 0.3 is 12.1 Å². The Morgan fingerprint density at radius 2 is 1.81 bits per heavy atom. The van der Waals surface area contributed by atoms with Crippen LogP contribution in [-0.4, -0.2) is 10.1 Å². The molecule has 0 saturated heterocycles. The third-order valence-corrected chi connectivity index (χ3v) is 1.92. The van der Waals surface area contributed by atoms with Gasteiger partial charge < -0.3 is 4.52 Å². The van der Waals surface area contributed by atoms with Gasteiger partial charge in [0.2, 0.25) is 0 Å². The molecule has 2 aromatic rings. The Kier molecular flexibility index (Phi) is 2.64. The average molecular weight is 228 g/mol. The number of halogens is 3. The highest BCUT2D eigenvalue weighted by Gasteiger charge is 2.38. The Bertz CT molecular complexity index is 464. The van der Waals surface area contributed by atoms with Gasteiger partial charge in [0.1, 0.15) is 0 Å². The minimum Gasteiger partial charge on any atom is -0.329 e. The summed E-state index contributed by atoms with van der Waals surface area (Å²) in [6.45, 7) is 0. The third kappa shape index (κ3) is 2.39. The second kappa shape index (κ2) is 3.96. The molecule has 6 heteroatoms. The molecule has 0 amide bonds. The van der Waals surface area contributed by atoms with Gasteiger partial charge in [-0.1, -0.05) is 35.5 Å². The predicted molar refractivity (Wildman–Crippen MR) is 48.5 cm³/mol. The summed E-state index contributed by atoms with van der Waals surface area (Å²) in [6, 6.07) is 8.97. The highest BCUT2D eigenvalue weighted by atomic mass is 19.4. The van der Waals surface area contributed by atoms with Crippen LogP contribution in [0.1, 0.15) is 17.3 Å². The van der Waals surface area contributed by atoms with Crippen LogP contribution < -0.4 is 0 Å². The standard InChI is InChI=1S/C10H7F3N2O/c11-10(12,13)9-14-8(15-16-9)6-7-4-2-1-3-5-7/h1-5H,6H2. The number of hydrogen-bond acceptors (Lipinski definition) is 3. The zero-order chi connectivity index (χ0) is 11.6. The number of rotatable bonds is 2. The molecule has 1 aromatic carbocycles. The van der Waals surface area contributed by atoms with Crippen LogP contribution in [0.4, 0.5) is 13.2 Å². The molecule has 16 heavy (non-hydrogen) atoms. The normalized spacial score (nSPS) is 11.7. The molecule has 1 heterocycles. The molecule has 0 spiro atoms. The van der Waals surface area contributed by atoms with Crippen LogP contribution >= 0.6 is 0 Å². The molecule has 3 nitrogen and oxygen atoms in total. The van der Waals surface area contributed by atoms with Crippen molar-refractivity contribution in [2.75, 3.05) is 0 Å². The Morgan fingerprint density at radius 1 is 1.12 bits per heavy atom. The van der Waals surface area contributed by atoms with E-state index in [9.17, 15) is 13.2 Å². The highest BCUT2D eigenvalue weighted by molar-refractivity contribution is 5.18. The van der Waals surface area contributed by atoms with E-state index in [-0.39, 0.29) is 12.2 Å². The molecule has 0 unspecified atom stereocenters. The first kappa shape index (κ1) is 10.7. The Labute approximate surface area is 88.9 Å². The minimum absolute atomic E-state index is 0.0264. The first-order chi connectivity index (χ1) is 7.55. The second-order valence-corrected chi connectivity index (χ2v) is 3.18. The van der Waals surface area contributed by atoms with Crippen LogP contribution in [0.5, 0.6) is 0 Å². The van der Waals surface area contributed by atoms with E-state index in [0.29, 0.717) is 0 Å². The Morgan fingerprint density at radius 3 is 2.38 bits per heavy atom. The van der Waals surface area contributed by atoms with Crippen molar-refractivity contribution in [1.82, 2.24) is 10.1 Å². The molecule has 0 aliphatic carbocycles. The number of benzene rings is 1. The molecule has 0 radical (unpaired) electrons. The lowest BCUT2D eigenvalue weighted by molar-refractivity contribution is -0.159. The maximum absolute atomic E-state index is 12.1. The summed E-state index contributed by atoms with van der Waals surface area (Å²) in [5, 5.41) is 3.27. The van der Waals surface area contributed by atoms with Gasteiger partial charge in [-0.05, 0) is 5.56 Å². The molecule has 0 saturated carbocycles. The van der Waals surface area contributed by atoms with Crippen molar-refractivity contribution in [1.29, 1.82) is 0 Å². The maximum atomic E-state index is 12.1. The van der Waals surface area contributed by atoms with Crippen LogP contribution in [0.25, 0.3) is 0 Å². The topological polar surface area (TPSA) is 38.9 Å². The molecule has 0 fully saturated rings. The van der Waals surface area contributed by atoms with Gasteiger partial charge in [0.15, 0.2) is 5.82 Å². The maximum Gasteiger partial charge on any atom is 0.471 e. The van der Waals surface area contributed by atoms with E-state index < -0.39 is 12.1 Å². The van der Waals surface area contributed by atoms with Crippen LogP contribution in [0.2, 0.25) is 0 Å². The zero-order valence-corrected chi connectivity index (χ0v) is 8.03. The van der Waals surface area contributed by atoms with E-state index >= 15 is 0 Å². The number of hydrogen-bond donors (Lipinski definition) is 0. The number of aromatic nitrogens is 2. The fourth-order valence-electron chi connectivity index (χ4n) is 1.22. The SMILES string of the molecule is FC(F)(F)c1nc(Cc2ccccc2)no1. The molecule has 84 valence electrons. The van der Waals surface area contributed by atoms with Gasteiger partial charge in [0.05, 0.1) is 0 Å². The fraction of sp³-hybridized carbons (Fsp3) is 0.200. The first-order valence-corrected chi connectivity index (χ1v) is 4.49. The number of alkyl halides is 3. The minimum atomic E-state index is -4.58. The van der Waals surface area contributed by atoms with Gasteiger partial charge in [-0.15, -0.1) is 0 Å². The van der Waals surface area contributed by atoms with Crippen LogP contribution in [0, 0.1) is 0 Å². The molecule has 0 N–H and O–H groups in total. The predicted octanol–water partition coefficient (Wildman–Crippen LogP) is 2.68. The van der Waals surface area contributed by atoms with Gasteiger partial charge in [-0.25, -0.2) is 0 Å². The van der Waals surface area contributed by atoms with Crippen LogP contribution in [-0.2, 0) is 12.6 Å². The van der Waals surface area contributed by atoms with E-state index in [1.165, 1.54) is 0 Å². The lowest BCUT2D eigenvalue weighted by Crippen LogP contribution is -2.05. The zero-order valence-electron chi connectivity index (χ0n) is 8.03. The summed E-state index contributed by atoms with van der Waals surface area (Å²) in [5.41, 5.74) is 0.831. The molecule has 0 aliphatic heterocycles. The highest BCUT2D eigenvalue weighted by Crippen LogP contribution is 2.27. The fourth-order valence-corrected chi connectivity index (χ4v) is 1.22. The Hall–Kier alpha value is -1.85. The molecule has 0 aliphatic rings. The first-order valence-electron chi connectivity index (χ1n) is 4.49. The van der Waals surface area contributed by atoms with Crippen molar-refractivity contribution in [3.63, 3.8) is 0 Å². The van der Waals surface area contributed by atoms with Gasteiger partial charge in [0, 0.05) is 6.42 Å². The van der Waals surface area contributed by atoms with Crippen molar-refractivity contribution in [2.24, 2.45) is 0 Å². The van der Waals surface area contributed by atoms with E-state index in [1.807, 2.05) is 6.07 Å². The summed E-state index contributed by atoms with van der Waals surface area (Å²) >= 11 is 0. The van der Waals surface area contributed by atoms with E-state index in [4.69, 9.17) is 0 Å². The number of nitrogens with zero attached hydrogens (tertiary/aromatic N) is 2. The van der Waals surface area contributed by atoms with Crippen molar-refractivity contribution in [3.05, 3.63) is 47.6 Å². The molecule has 2 rings (SSSR count). The summed E-state index contributed by atoms with van der Waals surface area (Å²) in [4.78, 5) is 3.27. The third-order valence-electron chi connectivity index (χ3n) is 1.92. The molecule has 0 atom stereocenters. The lowest BCUT2D eigenvalue weighted by atomic mass is 10.1. The molecular formula is C10H7F3N2O. The van der Waals surface area contributed by atoms with Crippen molar-refractivity contribution in [2.45, 2.75) is 12.6 Å². The van der Waals surface area contributed by atoms with Crippen LogP contribution in [0.3, 0.4) is 0 Å². The molecule has 1 aromatic heterocycles. The molecule has 0 bridgehead atoms. The average Bonchev–Trinajstić information content (AvgIpc) is 2.67. The van der Waals surface area contributed by atoms with Crippen LogP contribution in [0.15, 0.2) is 34.9 Å². The lowest BCUT2D eigenvalue weighted by Gasteiger charge is -1.96. The van der Waals surface area contributed by atoms with Gasteiger partial charge in [-0.2, -0.15) is 18.2 Å². The summed E-state index contributed by atoms with van der Waals surface area (Å²) in [7, 11) is 0. The quantitative estimate of drug-likeness (QED) is 0.793. The smallest absolute Gasteiger partial charge is 0.329 e. The largest absolute Gasteiger partial charge is 0.471 e. The summed E-state index contributed by atoms with van der Waals surface area (Å²) in [5.74, 6) is -1.28. The second-order valence-electron chi connectivity index (χ2n) is 3.18.